The monoisotopic (exact) mass is 319 g/mol. The van der Waals surface area contributed by atoms with Crippen molar-refractivity contribution in [3.63, 3.8) is 0 Å². The summed E-state index contributed by atoms with van der Waals surface area (Å²) in [7, 11) is 0. The Kier molecular flexibility index (Phi) is 4.57. The van der Waals surface area contributed by atoms with Crippen LogP contribution in [0, 0.1) is 0 Å². The van der Waals surface area contributed by atoms with E-state index in [1.165, 1.54) is 16.5 Å². The molecule has 0 aliphatic rings. The van der Waals surface area contributed by atoms with Gasteiger partial charge in [0.15, 0.2) is 5.78 Å². The zero-order chi connectivity index (χ0) is 17.3. The first-order valence-corrected chi connectivity index (χ1v) is 8.67. The second kappa shape index (κ2) is 6.64. The van der Waals surface area contributed by atoms with E-state index in [1.54, 1.807) is 0 Å². The maximum atomic E-state index is 12.6. The lowest BCUT2D eigenvalue weighted by molar-refractivity contribution is 0.0973. The summed E-state index contributed by atoms with van der Waals surface area (Å²) in [5, 5.41) is 1.20. The number of nitrogens with zero attached hydrogens (tertiary/aromatic N) is 1. The summed E-state index contributed by atoms with van der Waals surface area (Å²) >= 11 is 0. The Balaban J connectivity index is 1.82. The Hall–Kier alpha value is -2.35. The summed E-state index contributed by atoms with van der Waals surface area (Å²) in [6.45, 7) is 9.10. The van der Waals surface area contributed by atoms with E-state index in [-0.39, 0.29) is 5.78 Å². The van der Waals surface area contributed by atoms with Crippen LogP contribution in [0.3, 0.4) is 0 Å². The van der Waals surface area contributed by atoms with Crippen LogP contribution in [0.1, 0.15) is 61.0 Å². The molecular formula is C22H25NO. The van der Waals surface area contributed by atoms with Crippen molar-refractivity contribution in [1.82, 2.24) is 4.57 Å². The number of ketones is 1. The summed E-state index contributed by atoms with van der Waals surface area (Å²) in [5.74, 6) is 1.15. The minimum Gasteiger partial charge on any atom is -0.340 e. The van der Waals surface area contributed by atoms with Crippen molar-refractivity contribution in [2.45, 2.75) is 46.1 Å². The highest BCUT2D eigenvalue weighted by molar-refractivity contribution is 5.97. The van der Waals surface area contributed by atoms with Gasteiger partial charge in [0.05, 0.1) is 6.54 Å². The molecule has 2 heteroatoms. The van der Waals surface area contributed by atoms with E-state index in [0.717, 1.165) is 11.1 Å². The Morgan fingerprint density at radius 2 is 1.50 bits per heavy atom. The van der Waals surface area contributed by atoms with E-state index in [4.69, 9.17) is 0 Å². The van der Waals surface area contributed by atoms with E-state index in [2.05, 4.69) is 64.1 Å². The summed E-state index contributed by atoms with van der Waals surface area (Å²) in [6, 6.07) is 16.6. The SMILES string of the molecule is CC(C)c1ccc(C(=O)Cn2ccc3cc(C(C)C)ccc32)cc1. The molecule has 3 aromatic rings. The fraction of sp³-hybridized carbons (Fsp3) is 0.318. The summed E-state index contributed by atoms with van der Waals surface area (Å²) in [6.07, 6.45) is 2.01. The topological polar surface area (TPSA) is 22.0 Å². The highest BCUT2D eigenvalue weighted by atomic mass is 16.1. The Morgan fingerprint density at radius 3 is 2.12 bits per heavy atom. The predicted octanol–water partition coefficient (Wildman–Crippen LogP) is 5.77. The zero-order valence-electron chi connectivity index (χ0n) is 14.9. The molecule has 124 valence electrons. The first kappa shape index (κ1) is 16.5. The van der Waals surface area contributed by atoms with Gasteiger partial charge in [-0.3, -0.25) is 4.79 Å². The van der Waals surface area contributed by atoms with Gasteiger partial charge in [-0.25, -0.2) is 0 Å². The highest BCUT2D eigenvalue weighted by Gasteiger charge is 2.10. The fourth-order valence-corrected chi connectivity index (χ4v) is 3.02. The number of fused-ring (bicyclic) bond motifs is 1. The summed E-state index contributed by atoms with van der Waals surface area (Å²) in [4.78, 5) is 12.6. The molecule has 1 aromatic heterocycles. The highest BCUT2D eigenvalue weighted by Crippen LogP contribution is 2.23. The fourth-order valence-electron chi connectivity index (χ4n) is 3.02. The molecule has 24 heavy (non-hydrogen) atoms. The minimum absolute atomic E-state index is 0.149. The van der Waals surface area contributed by atoms with Crippen LogP contribution < -0.4 is 0 Å². The van der Waals surface area contributed by atoms with E-state index in [9.17, 15) is 4.79 Å². The van der Waals surface area contributed by atoms with Gasteiger partial charge in [0, 0.05) is 17.3 Å². The van der Waals surface area contributed by atoms with Crippen LogP contribution in [0.5, 0.6) is 0 Å². The van der Waals surface area contributed by atoms with Gasteiger partial charge in [-0.1, -0.05) is 58.0 Å². The lowest BCUT2D eigenvalue weighted by Gasteiger charge is -2.09. The van der Waals surface area contributed by atoms with Gasteiger partial charge in [0.2, 0.25) is 0 Å². The normalized spacial score (nSPS) is 11.6. The maximum absolute atomic E-state index is 12.6. The quantitative estimate of drug-likeness (QED) is 0.547. The lowest BCUT2D eigenvalue weighted by atomic mass is 10.0. The van der Waals surface area contributed by atoms with E-state index in [0.29, 0.717) is 18.4 Å². The van der Waals surface area contributed by atoms with Crippen molar-refractivity contribution in [2.75, 3.05) is 0 Å². The first-order chi connectivity index (χ1) is 11.5. The van der Waals surface area contributed by atoms with Crippen LogP contribution in [0.15, 0.2) is 54.7 Å². The molecule has 0 radical (unpaired) electrons. The molecule has 0 bridgehead atoms. The number of aromatic nitrogens is 1. The molecule has 2 aromatic carbocycles. The van der Waals surface area contributed by atoms with Gasteiger partial charge in [-0.15, -0.1) is 0 Å². The maximum Gasteiger partial charge on any atom is 0.182 e. The molecule has 2 nitrogen and oxygen atoms in total. The molecule has 0 aliphatic heterocycles. The van der Waals surface area contributed by atoms with Crippen molar-refractivity contribution in [3.8, 4) is 0 Å². The van der Waals surface area contributed by atoms with Gasteiger partial charge in [-0.2, -0.15) is 0 Å². The summed E-state index contributed by atoms with van der Waals surface area (Å²) in [5.41, 5.74) is 4.49. The minimum atomic E-state index is 0.149. The molecule has 0 amide bonds. The number of Topliss-reactive ketones (excluding diaryl/α,β-unsaturated/α-hetero) is 1. The Morgan fingerprint density at radius 1 is 0.875 bits per heavy atom. The molecule has 0 spiro atoms. The van der Waals surface area contributed by atoms with Crippen LogP contribution in [0.4, 0.5) is 0 Å². The van der Waals surface area contributed by atoms with Gasteiger partial charge >= 0.3 is 0 Å². The third-order valence-corrected chi connectivity index (χ3v) is 4.67. The van der Waals surface area contributed by atoms with Gasteiger partial charge in [0.25, 0.3) is 0 Å². The van der Waals surface area contributed by atoms with Crippen molar-refractivity contribution in [1.29, 1.82) is 0 Å². The smallest absolute Gasteiger partial charge is 0.182 e. The van der Waals surface area contributed by atoms with E-state index < -0.39 is 0 Å². The third kappa shape index (κ3) is 3.28. The zero-order valence-corrected chi connectivity index (χ0v) is 14.9. The lowest BCUT2D eigenvalue weighted by Crippen LogP contribution is -2.09. The van der Waals surface area contributed by atoms with E-state index >= 15 is 0 Å². The third-order valence-electron chi connectivity index (χ3n) is 4.67. The van der Waals surface area contributed by atoms with Crippen LogP contribution in [0.25, 0.3) is 10.9 Å². The molecule has 0 unspecified atom stereocenters. The standard InChI is InChI=1S/C22H25NO/c1-15(2)17-5-7-18(8-6-17)22(24)14-23-12-11-20-13-19(16(3)4)9-10-21(20)23/h5-13,15-16H,14H2,1-4H3. The number of carbonyl (C=O) groups is 1. The second-order valence-electron chi connectivity index (χ2n) is 7.12. The van der Waals surface area contributed by atoms with E-state index in [1.807, 2.05) is 22.9 Å². The molecule has 1 heterocycles. The molecule has 0 aliphatic carbocycles. The van der Waals surface area contributed by atoms with Crippen molar-refractivity contribution in [3.05, 3.63) is 71.4 Å². The Bertz CT molecular complexity index is 853. The molecule has 0 saturated carbocycles. The van der Waals surface area contributed by atoms with Crippen LogP contribution in [-0.2, 0) is 6.54 Å². The van der Waals surface area contributed by atoms with Crippen LogP contribution in [0.2, 0.25) is 0 Å². The average Bonchev–Trinajstić information content (AvgIpc) is 2.97. The number of hydrogen-bond acceptors (Lipinski definition) is 1. The van der Waals surface area contributed by atoms with Crippen molar-refractivity contribution >= 4 is 16.7 Å². The number of hydrogen-bond donors (Lipinski definition) is 0. The van der Waals surface area contributed by atoms with Gasteiger partial charge < -0.3 is 4.57 Å². The number of rotatable bonds is 5. The molecule has 3 rings (SSSR count). The van der Waals surface area contributed by atoms with Crippen molar-refractivity contribution < 1.29 is 4.79 Å². The summed E-state index contributed by atoms with van der Waals surface area (Å²) < 4.78 is 2.04. The Labute approximate surface area is 144 Å². The molecule has 0 fully saturated rings. The second-order valence-corrected chi connectivity index (χ2v) is 7.12. The van der Waals surface area contributed by atoms with Crippen LogP contribution in [-0.4, -0.2) is 10.4 Å². The largest absolute Gasteiger partial charge is 0.340 e. The van der Waals surface area contributed by atoms with Gasteiger partial charge in [0.1, 0.15) is 0 Å². The first-order valence-electron chi connectivity index (χ1n) is 8.67. The average molecular weight is 319 g/mol. The predicted molar refractivity (Wildman–Crippen MR) is 101 cm³/mol. The molecular weight excluding hydrogens is 294 g/mol. The number of benzene rings is 2. The van der Waals surface area contributed by atoms with Crippen molar-refractivity contribution in [2.24, 2.45) is 0 Å². The molecule has 0 N–H and O–H groups in total. The van der Waals surface area contributed by atoms with Crippen LogP contribution >= 0.6 is 0 Å². The molecule has 0 saturated heterocycles. The molecule has 0 atom stereocenters. The van der Waals surface area contributed by atoms with Gasteiger partial charge in [-0.05, 0) is 46.5 Å². The number of carbonyl (C=O) groups excluding carboxylic acids is 1.